The van der Waals surface area contributed by atoms with Gasteiger partial charge in [-0.2, -0.15) is 0 Å². The summed E-state index contributed by atoms with van der Waals surface area (Å²) in [6, 6.07) is 8.07. The van der Waals surface area contributed by atoms with E-state index in [0.717, 1.165) is 53.7 Å². The molecule has 0 radical (unpaired) electrons. The minimum atomic E-state index is 0.134. The Bertz CT molecular complexity index is 922. The lowest BCUT2D eigenvalue weighted by atomic mass is 9.91. The van der Waals surface area contributed by atoms with Crippen molar-refractivity contribution in [1.29, 1.82) is 0 Å². The first-order chi connectivity index (χ1) is 12.1. The molecule has 2 aromatic heterocycles. The second-order valence-corrected chi connectivity index (χ2v) is 6.83. The molecular weight excluding hydrogens is 312 g/mol. The highest BCUT2D eigenvalue weighted by Crippen LogP contribution is 2.30. The highest BCUT2D eigenvalue weighted by atomic mass is 16.2. The van der Waals surface area contributed by atoms with Crippen LogP contribution in [0.4, 0.5) is 0 Å². The number of hydrogen-bond donors (Lipinski definition) is 0. The number of nitrogens with zero attached hydrogens (tertiary/aromatic N) is 4. The average molecular weight is 334 g/mol. The molecule has 0 spiro atoms. The van der Waals surface area contributed by atoms with Gasteiger partial charge in [0.1, 0.15) is 6.33 Å². The molecule has 0 aliphatic carbocycles. The Kier molecular flexibility index (Phi) is 3.99. The van der Waals surface area contributed by atoms with Crippen LogP contribution in [0.25, 0.3) is 10.9 Å². The zero-order chi connectivity index (χ0) is 17.4. The van der Waals surface area contributed by atoms with Crippen LogP contribution in [0.5, 0.6) is 0 Å². The van der Waals surface area contributed by atoms with Crippen molar-refractivity contribution < 1.29 is 4.79 Å². The fraction of sp³-hybridized carbons (Fsp3) is 0.350. The van der Waals surface area contributed by atoms with Gasteiger partial charge in [-0.15, -0.1) is 0 Å². The standard InChI is InChI=1S/C20H22N4O/c1-14-11-21-13-22-19(14)15-7-9-24(10-8-15)20(25)17-12-23(2)18-6-4-3-5-16(17)18/h3-6,11-13,15H,7-10H2,1-2H3. The van der Waals surface area contributed by atoms with Crippen LogP contribution in [-0.2, 0) is 7.05 Å². The molecular formula is C20H22N4O. The molecule has 1 aliphatic rings. The molecule has 1 amide bonds. The number of fused-ring (bicyclic) bond motifs is 1. The molecule has 0 saturated carbocycles. The number of likely N-dealkylation sites (tertiary alicyclic amines) is 1. The van der Waals surface area contributed by atoms with Crippen LogP contribution in [0.2, 0.25) is 0 Å². The first-order valence-corrected chi connectivity index (χ1v) is 8.75. The maximum Gasteiger partial charge on any atom is 0.256 e. The summed E-state index contributed by atoms with van der Waals surface area (Å²) in [4.78, 5) is 23.5. The van der Waals surface area contributed by atoms with Crippen molar-refractivity contribution in [3.63, 3.8) is 0 Å². The third kappa shape index (κ3) is 2.80. The lowest BCUT2D eigenvalue weighted by Gasteiger charge is -2.32. The van der Waals surface area contributed by atoms with Crippen molar-refractivity contribution in [2.24, 2.45) is 7.05 Å². The van der Waals surface area contributed by atoms with Gasteiger partial charge in [-0.1, -0.05) is 18.2 Å². The number of rotatable bonds is 2. The summed E-state index contributed by atoms with van der Waals surface area (Å²) in [6.45, 7) is 3.61. The smallest absolute Gasteiger partial charge is 0.256 e. The summed E-state index contributed by atoms with van der Waals surface area (Å²) in [6.07, 6.45) is 7.35. The van der Waals surface area contributed by atoms with Crippen molar-refractivity contribution in [2.75, 3.05) is 13.1 Å². The number of aryl methyl sites for hydroxylation is 2. The largest absolute Gasteiger partial charge is 0.350 e. The molecule has 0 bridgehead atoms. The Morgan fingerprint density at radius 2 is 1.96 bits per heavy atom. The predicted molar refractivity (Wildman–Crippen MR) is 97.6 cm³/mol. The number of para-hydroxylation sites is 1. The van der Waals surface area contributed by atoms with Gasteiger partial charge >= 0.3 is 0 Å². The SMILES string of the molecule is Cc1cncnc1C1CCN(C(=O)c2cn(C)c3ccccc23)CC1. The van der Waals surface area contributed by atoms with Gasteiger partial charge in [0.05, 0.1) is 5.56 Å². The molecule has 0 N–H and O–H groups in total. The Balaban J connectivity index is 1.52. The summed E-state index contributed by atoms with van der Waals surface area (Å²) in [5.74, 6) is 0.550. The van der Waals surface area contributed by atoms with Gasteiger partial charge in [0.2, 0.25) is 0 Å². The van der Waals surface area contributed by atoms with E-state index >= 15 is 0 Å². The van der Waals surface area contributed by atoms with Crippen molar-refractivity contribution in [1.82, 2.24) is 19.4 Å². The lowest BCUT2D eigenvalue weighted by molar-refractivity contribution is 0.0713. The van der Waals surface area contributed by atoms with E-state index in [4.69, 9.17) is 0 Å². The number of carbonyl (C=O) groups excluding carboxylic acids is 1. The third-order valence-corrected chi connectivity index (χ3v) is 5.23. The number of aromatic nitrogens is 3. The van der Waals surface area contributed by atoms with E-state index in [0.29, 0.717) is 5.92 Å². The van der Waals surface area contributed by atoms with Gasteiger partial charge in [0.15, 0.2) is 0 Å². The number of benzene rings is 1. The van der Waals surface area contributed by atoms with Crippen LogP contribution < -0.4 is 0 Å². The topological polar surface area (TPSA) is 51.0 Å². The molecule has 1 aliphatic heterocycles. The fourth-order valence-electron chi connectivity index (χ4n) is 3.87. The molecule has 1 aromatic carbocycles. The van der Waals surface area contributed by atoms with E-state index in [2.05, 4.69) is 23.0 Å². The third-order valence-electron chi connectivity index (χ3n) is 5.23. The minimum Gasteiger partial charge on any atom is -0.350 e. The molecule has 0 atom stereocenters. The summed E-state index contributed by atoms with van der Waals surface area (Å²) in [7, 11) is 1.99. The molecule has 0 unspecified atom stereocenters. The second kappa shape index (κ2) is 6.31. The first-order valence-electron chi connectivity index (χ1n) is 8.75. The number of amides is 1. The van der Waals surface area contributed by atoms with Gasteiger partial charge in [-0.25, -0.2) is 9.97 Å². The predicted octanol–water partition coefficient (Wildman–Crippen LogP) is 3.30. The zero-order valence-electron chi connectivity index (χ0n) is 14.6. The quantitative estimate of drug-likeness (QED) is 0.722. The van der Waals surface area contributed by atoms with Crippen LogP contribution >= 0.6 is 0 Å². The van der Waals surface area contributed by atoms with Gasteiger partial charge in [-0.05, 0) is 31.4 Å². The normalized spacial score (nSPS) is 15.7. The summed E-state index contributed by atoms with van der Waals surface area (Å²) in [5, 5.41) is 1.03. The molecule has 3 aromatic rings. The van der Waals surface area contributed by atoms with Gasteiger partial charge in [0.25, 0.3) is 5.91 Å². The first kappa shape index (κ1) is 15.8. The van der Waals surface area contributed by atoms with E-state index in [1.165, 1.54) is 0 Å². The Hall–Kier alpha value is -2.69. The van der Waals surface area contributed by atoms with Gasteiger partial charge in [-0.3, -0.25) is 4.79 Å². The van der Waals surface area contributed by atoms with Crippen molar-refractivity contribution in [2.45, 2.75) is 25.7 Å². The monoisotopic (exact) mass is 334 g/mol. The van der Waals surface area contributed by atoms with E-state index in [1.807, 2.05) is 47.1 Å². The highest BCUT2D eigenvalue weighted by molar-refractivity contribution is 6.07. The van der Waals surface area contributed by atoms with Crippen molar-refractivity contribution >= 4 is 16.8 Å². The van der Waals surface area contributed by atoms with Crippen molar-refractivity contribution in [3.05, 3.63) is 59.8 Å². The molecule has 128 valence electrons. The summed E-state index contributed by atoms with van der Waals surface area (Å²) >= 11 is 0. The van der Waals surface area contributed by atoms with Crippen LogP contribution in [0.1, 0.15) is 40.4 Å². The zero-order valence-corrected chi connectivity index (χ0v) is 14.6. The minimum absolute atomic E-state index is 0.134. The molecule has 5 heteroatoms. The van der Waals surface area contributed by atoms with E-state index in [1.54, 1.807) is 6.33 Å². The second-order valence-electron chi connectivity index (χ2n) is 6.83. The maximum atomic E-state index is 13.0. The Morgan fingerprint density at radius 3 is 2.72 bits per heavy atom. The fourth-order valence-corrected chi connectivity index (χ4v) is 3.87. The van der Waals surface area contributed by atoms with Gasteiger partial charge < -0.3 is 9.47 Å². The molecule has 1 fully saturated rings. The number of piperidine rings is 1. The average Bonchev–Trinajstić information content (AvgIpc) is 2.99. The van der Waals surface area contributed by atoms with Crippen LogP contribution in [0.3, 0.4) is 0 Å². The van der Waals surface area contributed by atoms with E-state index in [-0.39, 0.29) is 5.91 Å². The van der Waals surface area contributed by atoms with Crippen LogP contribution in [-0.4, -0.2) is 38.4 Å². The Morgan fingerprint density at radius 1 is 1.20 bits per heavy atom. The molecule has 4 rings (SSSR count). The summed E-state index contributed by atoms with van der Waals surface area (Å²) < 4.78 is 2.03. The van der Waals surface area contributed by atoms with Gasteiger partial charge in [0, 0.05) is 55.0 Å². The molecule has 1 saturated heterocycles. The maximum absolute atomic E-state index is 13.0. The lowest BCUT2D eigenvalue weighted by Crippen LogP contribution is -2.38. The van der Waals surface area contributed by atoms with Crippen LogP contribution in [0.15, 0.2) is 43.0 Å². The van der Waals surface area contributed by atoms with E-state index in [9.17, 15) is 4.79 Å². The summed E-state index contributed by atoms with van der Waals surface area (Å²) in [5.41, 5.74) is 4.17. The number of hydrogen-bond acceptors (Lipinski definition) is 3. The van der Waals surface area contributed by atoms with E-state index < -0.39 is 0 Å². The highest BCUT2D eigenvalue weighted by Gasteiger charge is 2.27. The Labute approximate surface area is 147 Å². The van der Waals surface area contributed by atoms with Crippen LogP contribution in [0, 0.1) is 6.92 Å². The molecule has 25 heavy (non-hydrogen) atoms. The molecule has 5 nitrogen and oxygen atoms in total. The number of carbonyl (C=O) groups is 1. The molecule has 3 heterocycles. The van der Waals surface area contributed by atoms with Crippen molar-refractivity contribution in [3.8, 4) is 0 Å².